The van der Waals surface area contributed by atoms with Crippen LogP contribution in [0.1, 0.15) is 83.1 Å². The van der Waals surface area contributed by atoms with E-state index in [9.17, 15) is 4.79 Å². The largest absolute Gasteiger partial charge is 0.426 e. The van der Waals surface area contributed by atoms with Gasteiger partial charge in [-0.25, -0.2) is 0 Å². The van der Waals surface area contributed by atoms with Gasteiger partial charge in [0.1, 0.15) is 5.75 Å². The van der Waals surface area contributed by atoms with Gasteiger partial charge in [0.25, 0.3) is 0 Å². The molecule has 6 unspecified atom stereocenters. The molecule has 3 aliphatic carbocycles. The molecule has 0 bridgehead atoms. The Hall–Kier alpha value is -1.82. The third-order valence-corrected chi connectivity index (χ3v) is 8.15. The van der Waals surface area contributed by atoms with E-state index in [2.05, 4.69) is 13.0 Å². The number of carbonyl (C=O) groups is 1. The van der Waals surface area contributed by atoms with Crippen LogP contribution >= 0.6 is 0 Å². The highest BCUT2D eigenvalue weighted by Crippen LogP contribution is 2.53. The number of benzene rings is 1. The van der Waals surface area contributed by atoms with Gasteiger partial charge in [-0.15, -0.1) is 0 Å². The number of fused-ring (bicyclic) bond motifs is 3. The lowest BCUT2D eigenvalue weighted by Gasteiger charge is -2.50. The van der Waals surface area contributed by atoms with Crippen molar-refractivity contribution < 1.29 is 9.53 Å². The molecule has 3 saturated carbocycles. The van der Waals surface area contributed by atoms with Crippen molar-refractivity contribution in [3.05, 3.63) is 29.8 Å². The maximum atomic E-state index is 12.7. The van der Waals surface area contributed by atoms with E-state index in [4.69, 9.17) is 10.00 Å². The number of hydrogen-bond donors (Lipinski definition) is 0. The van der Waals surface area contributed by atoms with Crippen LogP contribution in [-0.2, 0) is 4.79 Å². The number of carbonyl (C=O) groups excluding carboxylic acids is 1. The molecule has 0 radical (unpaired) electrons. The molecule has 1 aromatic carbocycles. The summed E-state index contributed by atoms with van der Waals surface area (Å²) in [6.45, 7) is 2.31. The SMILES string of the molecule is CCCCC1CCC2C(CCC3CC(C(=O)Oc4ccc(C#N)cc4)CCC32)C1. The van der Waals surface area contributed by atoms with Crippen LogP contribution in [0.2, 0.25) is 0 Å². The minimum absolute atomic E-state index is 0.0457. The van der Waals surface area contributed by atoms with Gasteiger partial charge in [0.2, 0.25) is 0 Å². The Bertz CT molecular complexity index is 734. The van der Waals surface area contributed by atoms with Crippen LogP contribution in [0, 0.1) is 46.8 Å². The van der Waals surface area contributed by atoms with E-state index >= 15 is 0 Å². The van der Waals surface area contributed by atoms with Crippen molar-refractivity contribution in [1.29, 1.82) is 5.26 Å². The zero-order valence-electron chi connectivity index (χ0n) is 17.8. The first-order valence-corrected chi connectivity index (χ1v) is 11.9. The number of nitriles is 1. The summed E-state index contributed by atoms with van der Waals surface area (Å²) in [5.74, 6) is 4.95. The molecule has 0 spiro atoms. The molecule has 29 heavy (non-hydrogen) atoms. The topological polar surface area (TPSA) is 50.1 Å². The fourth-order valence-corrected chi connectivity index (χ4v) is 6.66. The highest BCUT2D eigenvalue weighted by Gasteiger charge is 2.45. The van der Waals surface area contributed by atoms with Crippen LogP contribution in [-0.4, -0.2) is 5.97 Å². The van der Waals surface area contributed by atoms with Gasteiger partial charge in [0.05, 0.1) is 17.6 Å². The Morgan fingerprint density at radius 1 is 1.00 bits per heavy atom. The number of esters is 1. The predicted octanol–water partition coefficient (Wildman–Crippen LogP) is 6.51. The lowest BCUT2D eigenvalue weighted by molar-refractivity contribution is -0.142. The quantitative estimate of drug-likeness (QED) is 0.423. The molecule has 0 aliphatic heterocycles. The molecule has 3 nitrogen and oxygen atoms in total. The van der Waals surface area contributed by atoms with Gasteiger partial charge < -0.3 is 4.74 Å². The van der Waals surface area contributed by atoms with Crippen molar-refractivity contribution >= 4 is 5.97 Å². The van der Waals surface area contributed by atoms with Gasteiger partial charge in [0, 0.05) is 0 Å². The maximum absolute atomic E-state index is 12.7. The van der Waals surface area contributed by atoms with Gasteiger partial charge in [-0.1, -0.05) is 32.6 Å². The fraction of sp³-hybridized carbons (Fsp3) is 0.692. The fourth-order valence-electron chi connectivity index (χ4n) is 6.66. The Morgan fingerprint density at radius 2 is 1.69 bits per heavy atom. The van der Waals surface area contributed by atoms with E-state index in [0.717, 1.165) is 42.4 Å². The molecular weight excluding hydrogens is 358 g/mol. The molecule has 3 heteroatoms. The van der Waals surface area contributed by atoms with Crippen molar-refractivity contribution in [3.8, 4) is 11.8 Å². The van der Waals surface area contributed by atoms with E-state index in [0.29, 0.717) is 11.3 Å². The van der Waals surface area contributed by atoms with Crippen molar-refractivity contribution in [1.82, 2.24) is 0 Å². The summed E-state index contributed by atoms with van der Waals surface area (Å²) in [7, 11) is 0. The highest BCUT2D eigenvalue weighted by molar-refractivity contribution is 5.75. The Morgan fingerprint density at radius 3 is 2.38 bits per heavy atom. The first-order valence-electron chi connectivity index (χ1n) is 11.9. The van der Waals surface area contributed by atoms with Crippen molar-refractivity contribution in [3.63, 3.8) is 0 Å². The number of unbranched alkanes of at least 4 members (excludes halogenated alkanes) is 1. The van der Waals surface area contributed by atoms with Gasteiger partial charge in [-0.2, -0.15) is 5.26 Å². The van der Waals surface area contributed by atoms with Crippen LogP contribution in [0.15, 0.2) is 24.3 Å². The first-order chi connectivity index (χ1) is 14.2. The average molecular weight is 394 g/mol. The minimum Gasteiger partial charge on any atom is -0.426 e. The van der Waals surface area contributed by atoms with E-state index in [1.54, 1.807) is 24.3 Å². The summed E-state index contributed by atoms with van der Waals surface area (Å²) in [4.78, 5) is 12.7. The first kappa shape index (κ1) is 20.5. The Kier molecular flexibility index (Phi) is 6.58. The van der Waals surface area contributed by atoms with Crippen LogP contribution in [0.4, 0.5) is 0 Å². The van der Waals surface area contributed by atoms with Crippen molar-refractivity contribution in [2.75, 3.05) is 0 Å². The normalized spacial score (nSPS) is 33.8. The molecule has 0 aromatic heterocycles. The summed E-state index contributed by atoms with van der Waals surface area (Å²) in [5, 5.41) is 8.90. The zero-order valence-corrected chi connectivity index (χ0v) is 17.8. The molecule has 0 heterocycles. The molecule has 0 saturated heterocycles. The molecular formula is C26H35NO2. The Balaban J connectivity index is 1.31. The summed E-state index contributed by atoms with van der Waals surface area (Å²) in [6, 6.07) is 8.96. The van der Waals surface area contributed by atoms with Crippen LogP contribution in [0.3, 0.4) is 0 Å². The molecule has 0 amide bonds. The van der Waals surface area contributed by atoms with Crippen LogP contribution in [0.5, 0.6) is 5.75 Å². The summed E-state index contributed by atoms with van der Waals surface area (Å²) < 4.78 is 5.64. The minimum atomic E-state index is -0.0708. The van der Waals surface area contributed by atoms with E-state index < -0.39 is 0 Å². The highest BCUT2D eigenvalue weighted by atomic mass is 16.5. The molecule has 4 rings (SSSR count). The van der Waals surface area contributed by atoms with E-state index in [1.807, 2.05) is 0 Å². The summed E-state index contributed by atoms with van der Waals surface area (Å²) in [6.07, 6.45) is 14.4. The lowest BCUT2D eigenvalue weighted by Crippen LogP contribution is -2.42. The van der Waals surface area contributed by atoms with Crippen LogP contribution < -0.4 is 4.74 Å². The molecule has 156 valence electrons. The van der Waals surface area contributed by atoms with Gasteiger partial charge in [-0.3, -0.25) is 4.79 Å². The monoisotopic (exact) mass is 393 g/mol. The van der Waals surface area contributed by atoms with E-state index in [-0.39, 0.29) is 11.9 Å². The zero-order chi connectivity index (χ0) is 20.2. The van der Waals surface area contributed by atoms with Gasteiger partial charge in [-0.05, 0) is 98.8 Å². The summed E-state index contributed by atoms with van der Waals surface area (Å²) >= 11 is 0. The summed E-state index contributed by atoms with van der Waals surface area (Å²) in [5.41, 5.74) is 0.589. The number of nitrogens with zero attached hydrogens (tertiary/aromatic N) is 1. The van der Waals surface area contributed by atoms with Gasteiger partial charge >= 0.3 is 5.97 Å². The Labute approximate surface area is 175 Å². The second-order valence-electron chi connectivity index (χ2n) is 9.81. The standard InChI is InChI=1S/C26H35NO2/c1-2-3-4-18-7-13-24-20(15-18)8-9-21-16-22(10-14-25(21)24)26(28)29-23-11-5-19(17-27)6-12-23/h5-6,11-12,18,20-22,24-25H,2-4,7-10,13-16H2,1H3. The lowest BCUT2D eigenvalue weighted by atomic mass is 9.55. The predicted molar refractivity (Wildman–Crippen MR) is 114 cm³/mol. The van der Waals surface area contributed by atoms with Gasteiger partial charge in [0.15, 0.2) is 0 Å². The van der Waals surface area contributed by atoms with Crippen molar-refractivity contribution in [2.24, 2.45) is 35.5 Å². The second kappa shape index (κ2) is 9.33. The molecule has 1 aromatic rings. The third kappa shape index (κ3) is 4.68. The molecule has 0 N–H and O–H groups in total. The second-order valence-corrected chi connectivity index (χ2v) is 9.81. The van der Waals surface area contributed by atoms with Crippen LogP contribution in [0.25, 0.3) is 0 Å². The average Bonchev–Trinajstić information content (AvgIpc) is 2.77. The molecule has 3 aliphatic rings. The smallest absolute Gasteiger partial charge is 0.314 e. The molecule has 3 fully saturated rings. The number of rotatable bonds is 5. The number of hydrogen-bond acceptors (Lipinski definition) is 3. The third-order valence-electron chi connectivity index (χ3n) is 8.15. The van der Waals surface area contributed by atoms with E-state index in [1.165, 1.54) is 57.8 Å². The molecule has 6 atom stereocenters. The number of ether oxygens (including phenoxy) is 1. The van der Waals surface area contributed by atoms with Crippen molar-refractivity contribution in [2.45, 2.75) is 77.6 Å². The maximum Gasteiger partial charge on any atom is 0.314 e.